The molecule has 1 aromatic heterocycles. The number of benzene rings is 1. The second kappa shape index (κ2) is 7.56. The molecular formula is C19H26N4O2. The van der Waals surface area contributed by atoms with Crippen LogP contribution in [0.5, 0.6) is 0 Å². The Morgan fingerprint density at radius 2 is 1.88 bits per heavy atom. The van der Waals surface area contributed by atoms with E-state index in [0.29, 0.717) is 6.54 Å². The minimum atomic E-state index is -0.342. The fourth-order valence-electron chi connectivity index (χ4n) is 3.84. The molecule has 0 saturated carbocycles. The molecule has 1 N–H and O–H groups in total. The van der Waals surface area contributed by atoms with Gasteiger partial charge in [0.1, 0.15) is 0 Å². The van der Waals surface area contributed by atoms with Crippen molar-refractivity contribution in [3.63, 3.8) is 0 Å². The van der Waals surface area contributed by atoms with Gasteiger partial charge in [-0.15, -0.1) is 0 Å². The van der Waals surface area contributed by atoms with Crippen LogP contribution in [0.1, 0.15) is 12.0 Å². The average molecular weight is 342 g/mol. The highest BCUT2D eigenvalue weighted by Crippen LogP contribution is 2.22. The van der Waals surface area contributed by atoms with Gasteiger partial charge >= 0.3 is 0 Å². The maximum atomic E-state index is 10.6. The lowest BCUT2D eigenvalue weighted by molar-refractivity contribution is -0.0274. The number of hydrogen-bond acceptors (Lipinski definition) is 5. The lowest BCUT2D eigenvalue weighted by atomic mass is 9.99. The van der Waals surface area contributed by atoms with E-state index in [1.54, 1.807) is 0 Å². The van der Waals surface area contributed by atoms with Crippen molar-refractivity contribution in [3.05, 3.63) is 48.2 Å². The van der Waals surface area contributed by atoms with Crippen LogP contribution in [0.15, 0.2) is 42.6 Å². The van der Waals surface area contributed by atoms with Gasteiger partial charge in [0.2, 0.25) is 0 Å². The number of aromatic nitrogens is 2. The Morgan fingerprint density at radius 1 is 1.08 bits per heavy atom. The molecule has 25 heavy (non-hydrogen) atoms. The van der Waals surface area contributed by atoms with Crippen LogP contribution < -0.4 is 4.90 Å². The number of morpholine rings is 1. The van der Waals surface area contributed by atoms with Crippen molar-refractivity contribution in [2.24, 2.45) is 0 Å². The lowest BCUT2D eigenvalue weighted by Crippen LogP contribution is -2.56. The highest BCUT2D eigenvalue weighted by Gasteiger charge is 2.33. The molecule has 2 atom stereocenters. The van der Waals surface area contributed by atoms with Crippen molar-refractivity contribution >= 4 is 5.82 Å². The highest BCUT2D eigenvalue weighted by molar-refractivity contribution is 5.38. The number of aliphatic hydroxyl groups is 1. The van der Waals surface area contributed by atoms with Crippen molar-refractivity contribution in [1.29, 1.82) is 0 Å². The fourth-order valence-corrected chi connectivity index (χ4v) is 3.84. The first kappa shape index (κ1) is 16.6. The maximum Gasteiger partial charge on any atom is 0.150 e. The number of anilines is 1. The summed E-state index contributed by atoms with van der Waals surface area (Å²) >= 11 is 0. The number of nitrogens with zero attached hydrogens (tertiary/aromatic N) is 4. The van der Waals surface area contributed by atoms with E-state index in [-0.39, 0.29) is 12.1 Å². The molecule has 6 nitrogen and oxygen atoms in total. The molecule has 1 unspecified atom stereocenters. The van der Waals surface area contributed by atoms with Gasteiger partial charge < -0.3 is 14.7 Å². The zero-order valence-electron chi connectivity index (χ0n) is 14.5. The molecule has 2 aromatic rings. The van der Waals surface area contributed by atoms with E-state index in [1.807, 2.05) is 35.1 Å². The Labute approximate surface area is 148 Å². The molecule has 2 aliphatic rings. The molecule has 2 aliphatic heterocycles. The number of piperidine rings is 1. The van der Waals surface area contributed by atoms with Crippen molar-refractivity contribution in [2.75, 3.05) is 44.3 Å². The monoisotopic (exact) mass is 342 g/mol. The summed E-state index contributed by atoms with van der Waals surface area (Å²) < 4.78 is 7.38. The second-order valence-electron chi connectivity index (χ2n) is 6.87. The first-order chi connectivity index (χ1) is 12.3. The van der Waals surface area contributed by atoms with E-state index in [1.165, 1.54) is 5.56 Å². The normalized spacial score (nSPS) is 25.2. The number of ether oxygens (including phenoxy) is 1. The molecule has 134 valence electrons. The molecule has 2 fully saturated rings. The minimum Gasteiger partial charge on any atom is -0.390 e. The van der Waals surface area contributed by atoms with Crippen molar-refractivity contribution in [1.82, 2.24) is 14.7 Å². The van der Waals surface area contributed by atoms with Crippen LogP contribution in [0.3, 0.4) is 0 Å². The number of aliphatic hydroxyl groups excluding tert-OH is 1. The van der Waals surface area contributed by atoms with Gasteiger partial charge in [0.05, 0.1) is 25.9 Å². The summed E-state index contributed by atoms with van der Waals surface area (Å²) in [7, 11) is 0. The van der Waals surface area contributed by atoms with Gasteiger partial charge in [-0.3, -0.25) is 9.58 Å². The zero-order valence-corrected chi connectivity index (χ0v) is 14.5. The molecule has 1 aromatic carbocycles. The molecule has 3 heterocycles. The number of hydrogen-bond donors (Lipinski definition) is 1. The molecule has 0 bridgehead atoms. The fraction of sp³-hybridized carbons (Fsp3) is 0.526. The summed E-state index contributed by atoms with van der Waals surface area (Å²) in [5, 5.41) is 15.3. The van der Waals surface area contributed by atoms with Crippen LogP contribution in [0.25, 0.3) is 0 Å². The minimum absolute atomic E-state index is 0.242. The highest BCUT2D eigenvalue weighted by atomic mass is 16.5. The molecule has 0 aliphatic carbocycles. The second-order valence-corrected chi connectivity index (χ2v) is 6.87. The molecule has 0 amide bonds. The first-order valence-corrected chi connectivity index (χ1v) is 9.12. The first-order valence-electron chi connectivity index (χ1n) is 9.12. The molecule has 0 spiro atoms. The third-order valence-corrected chi connectivity index (χ3v) is 5.20. The van der Waals surface area contributed by atoms with Gasteiger partial charge in [-0.2, -0.15) is 5.10 Å². The summed E-state index contributed by atoms with van der Waals surface area (Å²) in [6, 6.07) is 12.6. The van der Waals surface area contributed by atoms with Gasteiger partial charge in [-0.1, -0.05) is 30.3 Å². The average Bonchev–Trinajstić information content (AvgIpc) is 3.12. The van der Waals surface area contributed by atoms with E-state index in [0.717, 1.165) is 51.6 Å². The number of rotatable bonds is 4. The summed E-state index contributed by atoms with van der Waals surface area (Å²) in [5.41, 5.74) is 1.24. The van der Waals surface area contributed by atoms with Crippen LogP contribution in [0.4, 0.5) is 5.82 Å². The summed E-state index contributed by atoms with van der Waals surface area (Å²) in [4.78, 5) is 4.57. The maximum absolute atomic E-state index is 10.6. The Morgan fingerprint density at radius 3 is 2.64 bits per heavy atom. The molecule has 0 radical (unpaired) electrons. The van der Waals surface area contributed by atoms with Crippen LogP contribution in [0.2, 0.25) is 0 Å². The molecule has 4 rings (SSSR count). The van der Waals surface area contributed by atoms with Gasteiger partial charge in [-0.05, 0) is 12.0 Å². The van der Waals surface area contributed by atoms with E-state index >= 15 is 0 Å². The van der Waals surface area contributed by atoms with Gasteiger partial charge in [0, 0.05) is 44.5 Å². The summed E-state index contributed by atoms with van der Waals surface area (Å²) in [6.45, 7) is 5.74. The molecule has 6 heteroatoms. The standard InChI is InChI=1S/C19H26N4O2/c24-18-15-22(8-6-17(18)21-10-12-25-13-11-21)19-7-9-23(20-19)14-16-4-2-1-3-5-16/h1-5,7,9,17-18,24H,6,8,10-15H2/t17?,18-/m1/s1. The Bertz CT molecular complexity index is 669. The predicted molar refractivity (Wildman–Crippen MR) is 96.8 cm³/mol. The van der Waals surface area contributed by atoms with Crippen LogP contribution >= 0.6 is 0 Å². The Kier molecular flexibility index (Phi) is 5.01. The van der Waals surface area contributed by atoms with E-state index in [4.69, 9.17) is 9.84 Å². The van der Waals surface area contributed by atoms with Gasteiger partial charge in [0.25, 0.3) is 0 Å². The Hall–Kier alpha value is -1.89. The van der Waals surface area contributed by atoms with Gasteiger partial charge in [0.15, 0.2) is 5.82 Å². The molecular weight excluding hydrogens is 316 g/mol. The van der Waals surface area contributed by atoms with Crippen molar-refractivity contribution in [3.8, 4) is 0 Å². The Balaban J connectivity index is 1.37. The van der Waals surface area contributed by atoms with E-state index in [9.17, 15) is 5.11 Å². The lowest BCUT2D eigenvalue weighted by Gasteiger charge is -2.43. The predicted octanol–water partition coefficient (Wildman–Crippen LogP) is 1.20. The molecule has 2 saturated heterocycles. The van der Waals surface area contributed by atoms with E-state index < -0.39 is 0 Å². The van der Waals surface area contributed by atoms with Crippen molar-refractivity contribution < 1.29 is 9.84 Å². The number of β-amino-alcohol motifs (C(OH)–C–C–N with tert-alkyl or cyclic N) is 1. The van der Waals surface area contributed by atoms with Crippen molar-refractivity contribution in [2.45, 2.75) is 25.1 Å². The zero-order chi connectivity index (χ0) is 17.1. The quantitative estimate of drug-likeness (QED) is 0.905. The van der Waals surface area contributed by atoms with Gasteiger partial charge in [-0.25, -0.2) is 0 Å². The van der Waals surface area contributed by atoms with Crippen LogP contribution in [-0.2, 0) is 11.3 Å². The van der Waals surface area contributed by atoms with Crippen LogP contribution in [-0.4, -0.2) is 71.3 Å². The van der Waals surface area contributed by atoms with E-state index in [2.05, 4.69) is 21.9 Å². The largest absolute Gasteiger partial charge is 0.390 e. The topological polar surface area (TPSA) is 53.8 Å². The smallest absolute Gasteiger partial charge is 0.150 e. The van der Waals surface area contributed by atoms with Crippen LogP contribution in [0, 0.1) is 0 Å². The summed E-state index contributed by atoms with van der Waals surface area (Å²) in [5.74, 6) is 0.954. The SMILES string of the molecule is O[C@@H]1CN(c2ccn(Cc3ccccc3)n2)CCC1N1CCOCC1. The third-order valence-electron chi connectivity index (χ3n) is 5.20. The summed E-state index contributed by atoms with van der Waals surface area (Å²) in [6.07, 6.45) is 2.64. The third kappa shape index (κ3) is 3.86.